The topological polar surface area (TPSA) is 36.4 Å². The summed E-state index contributed by atoms with van der Waals surface area (Å²) in [7, 11) is 4.03. The molecule has 0 unspecified atom stereocenters. The van der Waals surface area contributed by atoms with Crippen molar-refractivity contribution in [3.05, 3.63) is 53.1 Å². The number of aromatic nitrogens is 1. The van der Waals surface area contributed by atoms with E-state index >= 15 is 0 Å². The third-order valence-electron chi connectivity index (χ3n) is 4.30. The van der Waals surface area contributed by atoms with Crippen molar-refractivity contribution in [2.45, 2.75) is 18.7 Å². The Bertz CT molecular complexity index is 951. The Morgan fingerprint density at radius 3 is 2.36 bits per heavy atom. The molecule has 0 aliphatic carbocycles. The lowest BCUT2D eigenvalue weighted by Crippen LogP contribution is -2.36. The lowest BCUT2D eigenvalue weighted by molar-refractivity contribution is 0.0985. The number of thioether (sulfide) groups is 1. The fourth-order valence-corrected chi connectivity index (χ4v) is 4.52. The molecule has 3 rings (SSSR count). The summed E-state index contributed by atoms with van der Waals surface area (Å²) in [5.41, 5.74) is 3.85. The number of carbonyl (C=O) groups excluding carboxylic acids is 1. The smallest absolute Gasteiger partial charge is 0.260 e. The molecule has 0 spiro atoms. The van der Waals surface area contributed by atoms with Crippen LogP contribution in [0.4, 0.5) is 5.13 Å². The first-order valence-electron chi connectivity index (χ1n) is 8.87. The summed E-state index contributed by atoms with van der Waals surface area (Å²) < 4.78 is 1.11. The van der Waals surface area contributed by atoms with Crippen molar-refractivity contribution in [1.82, 2.24) is 9.88 Å². The summed E-state index contributed by atoms with van der Waals surface area (Å²) in [4.78, 5) is 23.2. The van der Waals surface area contributed by atoms with Crippen molar-refractivity contribution in [2.75, 3.05) is 38.3 Å². The number of benzene rings is 2. The lowest BCUT2D eigenvalue weighted by Gasteiger charge is -2.22. The van der Waals surface area contributed by atoms with E-state index in [1.807, 2.05) is 51.0 Å². The number of hydrogen-bond donors (Lipinski definition) is 0. The third-order valence-corrected chi connectivity index (χ3v) is 6.07. The van der Waals surface area contributed by atoms with Crippen LogP contribution in [0.15, 0.2) is 41.3 Å². The van der Waals surface area contributed by atoms with E-state index in [4.69, 9.17) is 4.98 Å². The van der Waals surface area contributed by atoms with Crippen molar-refractivity contribution in [3.63, 3.8) is 0 Å². The van der Waals surface area contributed by atoms with Crippen LogP contribution in [0.2, 0.25) is 0 Å². The first kappa shape index (κ1) is 22.7. The van der Waals surface area contributed by atoms with E-state index in [1.165, 1.54) is 4.90 Å². The summed E-state index contributed by atoms with van der Waals surface area (Å²) >= 11 is 3.29. The van der Waals surface area contributed by atoms with Gasteiger partial charge in [0.25, 0.3) is 5.91 Å². The van der Waals surface area contributed by atoms with E-state index < -0.39 is 0 Å². The fourth-order valence-electron chi connectivity index (χ4n) is 2.97. The molecule has 0 bridgehead atoms. The number of amides is 1. The van der Waals surface area contributed by atoms with E-state index in [-0.39, 0.29) is 18.3 Å². The largest absolute Gasteiger partial charge is 0.308 e. The fraction of sp³-hybridized carbons (Fsp3) is 0.333. The molecule has 1 amide bonds. The number of carbonyl (C=O) groups is 1. The molecule has 3 aromatic rings. The van der Waals surface area contributed by atoms with Crippen molar-refractivity contribution >= 4 is 56.8 Å². The zero-order chi connectivity index (χ0) is 19.6. The zero-order valence-corrected chi connectivity index (χ0v) is 19.3. The number of likely N-dealkylation sites (N-methyl/N-ethyl adjacent to an activating group) is 1. The van der Waals surface area contributed by atoms with Gasteiger partial charge in [-0.3, -0.25) is 9.69 Å². The summed E-state index contributed by atoms with van der Waals surface area (Å²) in [5, 5.41) is 0.759. The third kappa shape index (κ3) is 5.26. The second-order valence-corrected chi connectivity index (χ2v) is 8.86. The molecular formula is C21H26ClN3OS2. The lowest BCUT2D eigenvalue weighted by atomic mass is 10.1. The van der Waals surface area contributed by atoms with E-state index in [2.05, 4.69) is 29.4 Å². The Morgan fingerprint density at radius 2 is 1.75 bits per heavy atom. The minimum Gasteiger partial charge on any atom is -0.308 e. The Hall–Kier alpha value is -1.60. The number of thiazole rings is 1. The molecule has 0 fully saturated rings. The molecule has 0 aliphatic rings. The summed E-state index contributed by atoms with van der Waals surface area (Å²) in [6, 6.07) is 12.3. The maximum atomic E-state index is 13.3. The highest BCUT2D eigenvalue weighted by atomic mass is 35.5. The predicted molar refractivity (Wildman–Crippen MR) is 125 cm³/mol. The van der Waals surface area contributed by atoms with Crippen LogP contribution in [0.5, 0.6) is 0 Å². The van der Waals surface area contributed by atoms with Crippen LogP contribution in [-0.2, 0) is 0 Å². The van der Waals surface area contributed by atoms with Crippen molar-refractivity contribution in [1.29, 1.82) is 0 Å². The molecule has 0 atom stereocenters. The minimum atomic E-state index is 0. The number of rotatable bonds is 6. The van der Waals surface area contributed by atoms with Crippen LogP contribution in [0.3, 0.4) is 0 Å². The molecule has 0 saturated carbocycles. The average molecular weight is 436 g/mol. The molecule has 150 valence electrons. The molecule has 1 aromatic heterocycles. The molecule has 7 heteroatoms. The molecule has 0 saturated heterocycles. The maximum absolute atomic E-state index is 13.3. The normalized spacial score (nSPS) is 10.9. The molecule has 4 nitrogen and oxygen atoms in total. The van der Waals surface area contributed by atoms with Crippen molar-refractivity contribution < 1.29 is 4.79 Å². The SMILES string of the molecule is CSc1ccc2nc(N(CCN(C)C)C(=O)c3cc(C)cc(C)c3)sc2c1.Cl. The number of hydrogen-bond acceptors (Lipinski definition) is 5. The van der Waals surface area contributed by atoms with Gasteiger partial charge in [-0.2, -0.15) is 0 Å². The summed E-state index contributed by atoms with van der Waals surface area (Å²) in [5.74, 6) is 0.00722. The van der Waals surface area contributed by atoms with E-state index in [1.54, 1.807) is 23.1 Å². The van der Waals surface area contributed by atoms with Crippen LogP contribution >= 0.6 is 35.5 Å². The zero-order valence-electron chi connectivity index (χ0n) is 16.9. The van der Waals surface area contributed by atoms with Gasteiger partial charge in [0.2, 0.25) is 0 Å². The molecule has 1 heterocycles. The van der Waals surface area contributed by atoms with Crippen LogP contribution in [-0.4, -0.2) is 49.2 Å². The van der Waals surface area contributed by atoms with Gasteiger partial charge in [0, 0.05) is 23.5 Å². The Labute approximate surface area is 181 Å². The van der Waals surface area contributed by atoms with Gasteiger partial charge in [0.1, 0.15) is 0 Å². The Morgan fingerprint density at radius 1 is 1.07 bits per heavy atom. The first-order chi connectivity index (χ1) is 12.9. The molecule has 2 aromatic carbocycles. The van der Waals surface area contributed by atoms with E-state index in [9.17, 15) is 4.79 Å². The van der Waals surface area contributed by atoms with Gasteiger partial charge in [-0.15, -0.1) is 24.2 Å². The molecule has 28 heavy (non-hydrogen) atoms. The van der Waals surface area contributed by atoms with Crippen LogP contribution in [0.25, 0.3) is 10.2 Å². The van der Waals surface area contributed by atoms with Crippen molar-refractivity contribution in [2.24, 2.45) is 0 Å². The van der Waals surface area contributed by atoms with E-state index in [0.717, 1.165) is 38.6 Å². The second kappa shape index (κ2) is 9.74. The van der Waals surface area contributed by atoms with Crippen LogP contribution < -0.4 is 4.90 Å². The highest BCUT2D eigenvalue weighted by Crippen LogP contribution is 2.32. The quantitative estimate of drug-likeness (QED) is 0.494. The molecule has 0 aliphatic heterocycles. The highest BCUT2D eigenvalue weighted by Gasteiger charge is 2.22. The molecular weight excluding hydrogens is 410 g/mol. The minimum absolute atomic E-state index is 0. The Kier molecular flexibility index (Phi) is 7.89. The number of nitrogens with zero attached hydrogens (tertiary/aromatic N) is 3. The van der Waals surface area contributed by atoms with Gasteiger partial charge in [-0.25, -0.2) is 4.98 Å². The highest BCUT2D eigenvalue weighted by molar-refractivity contribution is 7.98. The first-order valence-corrected chi connectivity index (χ1v) is 10.9. The van der Waals surface area contributed by atoms with Gasteiger partial charge in [-0.05, 0) is 64.5 Å². The summed E-state index contributed by atoms with van der Waals surface area (Å²) in [6.45, 7) is 5.43. The van der Waals surface area contributed by atoms with E-state index in [0.29, 0.717) is 6.54 Å². The van der Waals surface area contributed by atoms with Gasteiger partial charge >= 0.3 is 0 Å². The Balaban J connectivity index is 0.00000280. The average Bonchev–Trinajstić information content (AvgIpc) is 3.03. The van der Waals surface area contributed by atoms with Crippen LogP contribution in [0, 0.1) is 13.8 Å². The van der Waals surface area contributed by atoms with Gasteiger partial charge in [0.15, 0.2) is 5.13 Å². The second-order valence-electron chi connectivity index (χ2n) is 6.97. The number of halogens is 1. The van der Waals surface area contributed by atoms with Gasteiger partial charge in [-0.1, -0.05) is 28.5 Å². The number of aryl methyl sites for hydroxylation is 2. The number of anilines is 1. The molecule has 0 radical (unpaired) electrons. The van der Waals surface area contributed by atoms with Gasteiger partial charge in [0.05, 0.1) is 10.2 Å². The standard InChI is InChI=1S/C21H25N3OS2.ClH/c1-14-10-15(2)12-16(11-14)20(25)24(9-8-23(3)4)21-22-18-7-6-17(26-5)13-19(18)27-21;/h6-7,10-13H,8-9H2,1-5H3;1H. The number of fused-ring (bicyclic) bond motifs is 1. The predicted octanol–water partition coefficient (Wildman–Crippen LogP) is 5.27. The van der Waals surface area contributed by atoms with Crippen molar-refractivity contribution in [3.8, 4) is 0 Å². The van der Waals surface area contributed by atoms with Gasteiger partial charge < -0.3 is 4.90 Å². The monoisotopic (exact) mass is 435 g/mol. The van der Waals surface area contributed by atoms with Crippen LogP contribution in [0.1, 0.15) is 21.5 Å². The maximum Gasteiger partial charge on any atom is 0.260 e. The summed E-state index contributed by atoms with van der Waals surface area (Å²) in [6.07, 6.45) is 2.07. The molecule has 0 N–H and O–H groups in total.